The summed E-state index contributed by atoms with van der Waals surface area (Å²) in [6.45, 7) is 1.00. The Morgan fingerprint density at radius 1 is 1.31 bits per heavy atom. The second-order valence-electron chi connectivity index (χ2n) is 3.50. The van der Waals surface area contributed by atoms with Gasteiger partial charge in [0.1, 0.15) is 0 Å². The first-order chi connectivity index (χ1) is 7.41. The summed E-state index contributed by atoms with van der Waals surface area (Å²) in [7, 11) is 0. The van der Waals surface area contributed by atoms with E-state index < -0.39 is 12.3 Å². The monoisotopic (exact) mass is 233 g/mol. The molecule has 90 valence electrons. The normalized spacial score (nSPS) is 13.8. The largest absolute Gasteiger partial charge is 0.414 e. The molecule has 0 bridgehead atoms. The molecule has 0 aliphatic heterocycles. The van der Waals surface area contributed by atoms with Gasteiger partial charge < -0.3 is 10.5 Å². The van der Waals surface area contributed by atoms with E-state index in [4.69, 9.17) is 5.73 Å². The van der Waals surface area contributed by atoms with Crippen LogP contribution in [0.2, 0.25) is 0 Å². The van der Waals surface area contributed by atoms with Gasteiger partial charge in [-0.05, 0) is 25.0 Å². The predicted octanol–water partition coefficient (Wildman–Crippen LogP) is 2.78. The SMILES string of the molecule is CC(OCCc1ccccc1N)C(F)(F)F. The van der Waals surface area contributed by atoms with E-state index in [-0.39, 0.29) is 6.61 Å². The lowest BCUT2D eigenvalue weighted by Gasteiger charge is -2.16. The van der Waals surface area contributed by atoms with Gasteiger partial charge in [-0.1, -0.05) is 18.2 Å². The lowest BCUT2D eigenvalue weighted by molar-refractivity contribution is -0.213. The number of benzene rings is 1. The van der Waals surface area contributed by atoms with Crippen LogP contribution in [0.3, 0.4) is 0 Å². The molecule has 0 heterocycles. The average molecular weight is 233 g/mol. The highest BCUT2D eigenvalue weighted by atomic mass is 19.4. The Morgan fingerprint density at radius 3 is 2.50 bits per heavy atom. The lowest BCUT2D eigenvalue weighted by Crippen LogP contribution is -2.29. The van der Waals surface area contributed by atoms with Gasteiger partial charge >= 0.3 is 6.18 Å². The summed E-state index contributed by atoms with van der Waals surface area (Å²) in [6, 6.07) is 7.05. The Labute approximate surface area is 92.2 Å². The van der Waals surface area contributed by atoms with E-state index >= 15 is 0 Å². The summed E-state index contributed by atoms with van der Waals surface area (Å²) in [4.78, 5) is 0. The number of hydrogen-bond donors (Lipinski definition) is 1. The molecule has 0 saturated heterocycles. The molecule has 5 heteroatoms. The molecule has 1 aromatic carbocycles. The predicted molar refractivity (Wildman–Crippen MR) is 56.0 cm³/mol. The summed E-state index contributed by atoms with van der Waals surface area (Å²) in [6.07, 6.45) is -5.66. The van der Waals surface area contributed by atoms with Crippen LogP contribution in [0.1, 0.15) is 12.5 Å². The highest BCUT2D eigenvalue weighted by Crippen LogP contribution is 2.22. The summed E-state index contributed by atoms with van der Waals surface area (Å²) < 4.78 is 41.0. The van der Waals surface area contributed by atoms with Crippen molar-refractivity contribution in [1.82, 2.24) is 0 Å². The summed E-state index contributed by atoms with van der Waals surface area (Å²) in [5.41, 5.74) is 7.02. The van der Waals surface area contributed by atoms with Crippen LogP contribution in [0.25, 0.3) is 0 Å². The molecule has 1 atom stereocenters. The van der Waals surface area contributed by atoms with Crippen molar-refractivity contribution in [3.05, 3.63) is 29.8 Å². The Balaban J connectivity index is 2.40. The zero-order chi connectivity index (χ0) is 12.2. The van der Waals surface area contributed by atoms with Gasteiger partial charge in [0.25, 0.3) is 0 Å². The molecule has 16 heavy (non-hydrogen) atoms. The van der Waals surface area contributed by atoms with Crippen molar-refractivity contribution in [1.29, 1.82) is 0 Å². The van der Waals surface area contributed by atoms with Gasteiger partial charge in [-0.3, -0.25) is 0 Å². The maximum atomic E-state index is 12.1. The quantitative estimate of drug-likeness (QED) is 0.811. The van der Waals surface area contributed by atoms with E-state index in [1.54, 1.807) is 24.3 Å². The van der Waals surface area contributed by atoms with Crippen LogP contribution in [-0.4, -0.2) is 18.9 Å². The molecule has 0 aliphatic rings. The second-order valence-corrected chi connectivity index (χ2v) is 3.50. The number of nitrogens with two attached hydrogens (primary N) is 1. The molecule has 0 fully saturated rings. The third-order valence-electron chi connectivity index (χ3n) is 2.26. The van der Waals surface area contributed by atoms with Crippen LogP contribution in [0.15, 0.2) is 24.3 Å². The van der Waals surface area contributed by atoms with Gasteiger partial charge in [-0.25, -0.2) is 0 Å². The third-order valence-corrected chi connectivity index (χ3v) is 2.26. The fourth-order valence-corrected chi connectivity index (χ4v) is 1.20. The Hall–Kier alpha value is -1.23. The smallest absolute Gasteiger partial charge is 0.399 e. The summed E-state index contributed by atoms with van der Waals surface area (Å²) in [5.74, 6) is 0. The van der Waals surface area contributed by atoms with Gasteiger partial charge in [0, 0.05) is 5.69 Å². The zero-order valence-corrected chi connectivity index (χ0v) is 8.92. The molecule has 0 amide bonds. The second kappa shape index (κ2) is 5.21. The number of nitrogen functional groups attached to an aromatic ring is 1. The Kier molecular flexibility index (Phi) is 4.18. The summed E-state index contributed by atoms with van der Waals surface area (Å²) in [5, 5.41) is 0. The van der Waals surface area contributed by atoms with Crippen molar-refractivity contribution >= 4 is 5.69 Å². The van der Waals surface area contributed by atoms with Crippen LogP contribution >= 0.6 is 0 Å². The highest BCUT2D eigenvalue weighted by Gasteiger charge is 2.36. The number of halogens is 3. The average Bonchev–Trinajstić information content (AvgIpc) is 2.19. The maximum absolute atomic E-state index is 12.1. The number of alkyl halides is 3. The minimum absolute atomic E-state index is 0.00882. The Morgan fingerprint density at radius 2 is 1.94 bits per heavy atom. The molecule has 1 unspecified atom stereocenters. The molecule has 1 rings (SSSR count). The first-order valence-electron chi connectivity index (χ1n) is 4.93. The van der Waals surface area contributed by atoms with Crippen molar-refractivity contribution < 1.29 is 17.9 Å². The van der Waals surface area contributed by atoms with E-state index in [9.17, 15) is 13.2 Å². The minimum atomic E-state index is -4.30. The van der Waals surface area contributed by atoms with Gasteiger partial charge in [-0.15, -0.1) is 0 Å². The number of rotatable bonds is 4. The first kappa shape index (κ1) is 12.8. The summed E-state index contributed by atoms with van der Waals surface area (Å²) >= 11 is 0. The number of ether oxygens (including phenoxy) is 1. The fraction of sp³-hybridized carbons (Fsp3) is 0.455. The molecule has 2 N–H and O–H groups in total. The molecule has 0 saturated carbocycles. The van der Waals surface area contributed by atoms with Crippen molar-refractivity contribution in [3.8, 4) is 0 Å². The zero-order valence-electron chi connectivity index (χ0n) is 8.92. The van der Waals surface area contributed by atoms with E-state index in [0.717, 1.165) is 12.5 Å². The third kappa shape index (κ3) is 3.73. The van der Waals surface area contributed by atoms with Crippen LogP contribution in [0.4, 0.5) is 18.9 Å². The molecule has 0 radical (unpaired) electrons. The maximum Gasteiger partial charge on any atom is 0.414 e. The van der Waals surface area contributed by atoms with Gasteiger partial charge in [0.05, 0.1) is 6.61 Å². The molecule has 0 spiro atoms. The van der Waals surface area contributed by atoms with Gasteiger partial charge in [-0.2, -0.15) is 13.2 Å². The van der Waals surface area contributed by atoms with E-state index in [1.807, 2.05) is 0 Å². The molecular weight excluding hydrogens is 219 g/mol. The van der Waals surface area contributed by atoms with Crippen LogP contribution in [-0.2, 0) is 11.2 Å². The standard InChI is InChI=1S/C11H14F3NO/c1-8(11(12,13)14)16-7-6-9-4-2-3-5-10(9)15/h2-5,8H,6-7,15H2,1H3. The van der Waals surface area contributed by atoms with Gasteiger partial charge in [0.2, 0.25) is 0 Å². The number of para-hydroxylation sites is 1. The van der Waals surface area contributed by atoms with Crippen LogP contribution in [0.5, 0.6) is 0 Å². The van der Waals surface area contributed by atoms with Crippen molar-refractivity contribution in [2.45, 2.75) is 25.6 Å². The number of hydrogen-bond acceptors (Lipinski definition) is 2. The minimum Gasteiger partial charge on any atom is -0.399 e. The Bertz CT molecular complexity index is 338. The molecule has 0 aliphatic carbocycles. The fourth-order valence-electron chi connectivity index (χ4n) is 1.20. The van der Waals surface area contributed by atoms with Crippen molar-refractivity contribution in [2.24, 2.45) is 0 Å². The molecule has 2 nitrogen and oxygen atoms in total. The molecule has 0 aromatic heterocycles. The van der Waals surface area contributed by atoms with Gasteiger partial charge in [0.15, 0.2) is 6.10 Å². The molecular formula is C11H14F3NO. The topological polar surface area (TPSA) is 35.2 Å². The van der Waals surface area contributed by atoms with Crippen molar-refractivity contribution in [3.63, 3.8) is 0 Å². The van der Waals surface area contributed by atoms with E-state index in [0.29, 0.717) is 12.1 Å². The van der Waals surface area contributed by atoms with Crippen LogP contribution in [0, 0.1) is 0 Å². The van der Waals surface area contributed by atoms with E-state index in [2.05, 4.69) is 4.74 Å². The van der Waals surface area contributed by atoms with Crippen LogP contribution < -0.4 is 5.73 Å². The number of anilines is 1. The van der Waals surface area contributed by atoms with Crippen molar-refractivity contribution in [2.75, 3.05) is 12.3 Å². The lowest BCUT2D eigenvalue weighted by atomic mass is 10.1. The highest BCUT2D eigenvalue weighted by molar-refractivity contribution is 5.46. The van der Waals surface area contributed by atoms with E-state index in [1.165, 1.54) is 0 Å². The first-order valence-corrected chi connectivity index (χ1v) is 4.93. The molecule has 1 aromatic rings.